The van der Waals surface area contributed by atoms with Crippen molar-refractivity contribution >= 4 is 11.7 Å². The maximum absolute atomic E-state index is 12.1. The molecule has 0 radical (unpaired) electrons. The first-order chi connectivity index (χ1) is 8.19. The molecule has 1 aromatic heterocycles. The SMILES string of the molecule is NC(=O)c1cn[nH]c1N=NN(CCF)CCF. The third kappa shape index (κ3) is 3.78. The van der Waals surface area contributed by atoms with E-state index in [0.29, 0.717) is 0 Å². The maximum atomic E-state index is 12.1. The van der Waals surface area contributed by atoms with Crippen LogP contribution in [0.25, 0.3) is 0 Å². The van der Waals surface area contributed by atoms with E-state index in [2.05, 4.69) is 20.5 Å². The highest BCUT2D eigenvalue weighted by molar-refractivity contribution is 5.96. The normalized spacial score (nSPS) is 10.9. The number of hydrogen-bond acceptors (Lipinski definition) is 4. The van der Waals surface area contributed by atoms with Gasteiger partial charge in [0.25, 0.3) is 5.91 Å². The Kier molecular flexibility index (Phi) is 4.98. The molecule has 0 fully saturated rings. The first-order valence-electron chi connectivity index (χ1n) is 4.80. The lowest BCUT2D eigenvalue weighted by Crippen LogP contribution is -2.22. The van der Waals surface area contributed by atoms with E-state index in [4.69, 9.17) is 5.73 Å². The highest BCUT2D eigenvalue weighted by atomic mass is 19.1. The number of rotatable bonds is 7. The molecule has 0 aromatic carbocycles. The predicted octanol–water partition coefficient (Wildman–Crippen LogP) is 0.748. The summed E-state index contributed by atoms with van der Waals surface area (Å²) in [4.78, 5) is 10.9. The fourth-order valence-corrected chi connectivity index (χ4v) is 1.04. The molecule has 94 valence electrons. The number of nitrogens with one attached hydrogen (secondary N) is 1. The van der Waals surface area contributed by atoms with Crippen LogP contribution in [0.15, 0.2) is 16.5 Å². The van der Waals surface area contributed by atoms with E-state index >= 15 is 0 Å². The molecular weight excluding hydrogens is 234 g/mol. The van der Waals surface area contributed by atoms with Gasteiger partial charge < -0.3 is 5.73 Å². The number of halogens is 2. The summed E-state index contributed by atoms with van der Waals surface area (Å²) in [6.45, 7) is -1.50. The molecule has 1 amide bonds. The minimum atomic E-state index is -0.713. The van der Waals surface area contributed by atoms with Crippen LogP contribution in [-0.4, -0.2) is 47.6 Å². The summed E-state index contributed by atoms with van der Waals surface area (Å²) in [5, 5.41) is 14.3. The molecule has 1 heterocycles. The number of nitrogens with two attached hydrogens (primary N) is 1. The van der Waals surface area contributed by atoms with Gasteiger partial charge in [0, 0.05) is 0 Å². The molecule has 9 heteroatoms. The molecule has 0 unspecified atom stereocenters. The molecule has 0 bridgehead atoms. The number of carbonyl (C=O) groups is 1. The molecule has 0 saturated heterocycles. The van der Waals surface area contributed by atoms with Crippen molar-refractivity contribution in [3.8, 4) is 0 Å². The molecule has 17 heavy (non-hydrogen) atoms. The Morgan fingerprint density at radius 3 is 2.65 bits per heavy atom. The molecule has 0 atom stereocenters. The summed E-state index contributed by atoms with van der Waals surface area (Å²) in [5.74, 6) is -0.657. The minimum Gasteiger partial charge on any atom is -0.365 e. The van der Waals surface area contributed by atoms with Gasteiger partial charge in [-0.1, -0.05) is 5.22 Å². The van der Waals surface area contributed by atoms with Crippen LogP contribution >= 0.6 is 0 Å². The predicted molar refractivity (Wildman–Crippen MR) is 55.1 cm³/mol. The lowest BCUT2D eigenvalue weighted by Gasteiger charge is -2.12. The van der Waals surface area contributed by atoms with Crippen molar-refractivity contribution in [2.45, 2.75) is 0 Å². The number of aromatic amines is 1. The van der Waals surface area contributed by atoms with Gasteiger partial charge in [0.2, 0.25) is 0 Å². The largest absolute Gasteiger partial charge is 0.365 e. The second-order valence-electron chi connectivity index (χ2n) is 3.02. The summed E-state index contributed by atoms with van der Waals surface area (Å²) < 4.78 is 24.2. The number of amides is 1. The van der Waals surface area contributed by atoms with Crippen LogP contribution in [0.5, 0.6) is 0 Å². The summed E-state index contributed by atoms with van der Waals surface area (Å²) >= 11 is 0. The van der Waals surface area contributed by atoms with Gasteiger partial charge in [-0.25, -0.2) is 8.78 Å². The molecule has 1 rings (SSSR count). The average Bonchev–Trinajstić information content (AvgIpc) is 2.74. The van der Waals surface area contributed by atoms with E-state index < -0.39 is 19.3 Å². The lowest BCUT2D eigenvalue weighted by atomic mass is 10.3. The van der Waals surface area contributed by atoms with E-state index in [9.17, 15) is 13.6 Å². The van der Waals surface area contributed by atoms with E-state index in [1.807, 2.05) is 0 Å². The number of primary amides is 1. The topological polar surface area (TPSA) is 99.7 Å². The van der Waals surface area contributed by atoms with Crippen molar-refractivity contribution in [3.05, 3.63) is 11.8 Å². The van der Waals surface area contributed by atoms with Crippen molar-refractivity contribution < 1.29 is 13.6 Å². The first kappa shape index (κ1) is 13.0. The van der Waals surface area contributed by atoms with E-state index in [1.165, 1.54) is 6.20 Å². The third-order valence-electron chi connectivity index (χ3n) is 1.84. The van der Waals surface area contributed by atoms with E-state index in [1.54, 1.807) is 0 Å². The number of hydrogen-bond donors (Lipinski definition) is 2. The summed E-state index contributed by atoms with van der Waals surface area (Å²) in [5.41, 5.74) is 5.11. The zero-order valence-electron chi connectivity index (χ0n) is 8.94. The van der Waals surface area contributed by atoms with Crippen LogP contribution in [0.4, 0.5) is 14.6 Å². The highest BCUT2D eigenvalue weighted by Crippen LogP contribution is 2.14. The third-order valence-corrected chi connectivity index (χ3v) is 1.84. The maximum Gasteiger partial charge on any atom is 0.254 e. The fraction of sp³-hybridized carbons (Fsp3) is 0.500. The lowest BCUT2D eigenvalue weighted by molar-refractivity contribution is 0.100. The van der Waals surface area contributed by atoms with Gasteiger partial charge in [0.1, 0.15) is 18.9 Å². The van der Waals surface area contributed by atoms with Crippen molar-refractivity contribution in [2.75, 3.05) is 26.4 Å². The van der Waals surface area contributed by atoms with Gasteiger partial charge in [-0.2, -0.15) is 5.10 Å². The molecule has 1 aromatic rings. The van der Waals surface area contributed by atoms with Crippen molar-refractivity contribution in [3.63, 3.8) is 0 Å². The summed E-state index contributed by atoms with van der Waals surface area (Å²) in [6, 6.07) is 0. The number of carbonyl (C=O) groups excluding carboxylic acids is 1. The first-order valence-corrected chi connectivity index (χ1v) is 4.80. The van der Waals surface area contributed by atoms with Crippen molar-refractivity contribution in [2.24, 2.45) is 16.1 Å². The Balaban J connectivity index is 2.73. The average molecular weight is 246 g/mol. The molecule has 0 saturated carbocycles. The summed E-state index contributed by atoms with van der Waals surface area (Å²) in [7, 11) is 0. The van der Waals surface area contributed by atoms with Crippen LogP contribution < -0.4 is 5.73 Å². The van der Waals surface area contributed by atoms with E-state index in [0.717, 1.165) is 5.01 Å². The van der Waals surface area contributed by atoms with Gasteiger partial charge in [-0.05, 0) is 0 Å². The van der Waals surface area contributed by atoms with Crippen LogP contribution in [0.2, 0.25) is 0 Å². The molecule has 0 spiro atoms. The van der Waals surface area contributed by atoms with Crippen molar-refractivity contribution in [1.29, 1.82) is 0 Å². The Morgan fingerprint density at radius 1 is 1.47 bits per heavy atom. The molecule has 0 aliphatic carbocycles. The fourth-order valence-electron chi connectivity index (χ4n) is 1.04. The molecule has 0 aliphatic rings. The second-order valence-corrected chi connectivity index (χ2v) is 3.02. The van der Waals surface area contributed by atoms with Crippen molar-refractivity contribution in [1.82, 2.24) is 15.2 Å². The molecule has 0 aliphatic heterocycles. The zero-order chi connectivity index (χ0) is 12.7. The Labute approximate surface area is 95.7 Å². The molecule has 7 nitrogen and oxygen atoms in total. The number of nitrogens with zero attached hydrogens (tertiary/aromatic N) is 4. The van der Waals surface area contributed by atoms with Crippen LogP contribution in [0.1, 0.15) is 10.4 Å². The number of H-pyrrole nitrogens is 1. The zero-order valence-corrected chi connectivity index (χ0v) is 8.94. The molecular formula is C8H12F2N6O. The smallest absolute Gasteiger partial charge is 0.254 e. The number of alkyl halides is 2. The van der Waals surface area contributed by atoms with Gasteiger partial charge >= 0.3 is 0 Å². The van der Waals surface area contributed by atoms with Crippen LogP contribution in [-0.2, 0) is 0 Å². The van der Waals surface area contributed by atoms with Gasteiger partial charge in [-0.3, -0.25) is 14.9 Å². The Hall–Kier alpha value is -2.06. The highest BCUT2D eigenvalue weighted by Gasteiger charge is 2.10. The summed E-state index contributed by atoms with van der Waals surface area (Å²) in [6.07, 6.45) is 1.20. The Bertz CT molecular complexity index is 387. The minimum absolute atomic E-state index is 0.0558. The standard InChI is InChI=1S/C8H12F2N6O/c9-1-3-16(4-2-10)15-14-8-6(7(11)17)5-12-13-8/h5H,1-4H2,(H2,11,17)(H,12,13). The van der Waals surface area contributed by atoms with Gasteiger partial charge in [0.15, 0.2) is 5.82 Å². The van der Waals surface area contributed by atoms with Gasteiger partial charge in [-0.15, -0.1) is 5.11 Å². The molecule has 3 N–H and O–H groups in total. The Morgan fingerprint density at radius 2 is 2.12 bits per heavy atom. The van der Waals surface area contributed by atoms with Crippen LogP contribution in [0.3, 0.4) is 0 Å². The number of aromatic nitrogens is 2. The monoisotopic (exact) mass is 246 g/mol. The van der Waals surface area contributed by atoms with Crippen LogP contribution in [0, 0.1) is 0 Å². The van der Waals surface area contributed by atoms with Gasteiger partial charge in [0.05, 0.1) is 19.3 Å². The quantitative estimate of drug-likeness (QED) is 0.548. The van der Waals surface area contributed by atoms with E-state index in [-0.39, 0.29) is 24.5 Å². The second kappa shape index (κ2) is 6.51.